The highest BCUT2D eigenvalue weighted by Crippen LogP contribution is 2.23. The third-order valence-electron chi connectivity index (χ3n) is 4.45. The van der Waals surface area contributed by atoms with Crippen molar-refractivity contribution in [2.75, 3.05) is 6.54 Å². The van der Waals surface area contributed by atoms with Crippen molar-refractivity contribution in [3.63, 3.8) is 0 Å². The van der Waals surface area contributed by atoms with Gasteiger partial charge in [-0.05, 0) is 18.6 Å². The fourth-order valence-electron chi connectivity index (χ4n) is 3.02. The van der Waals surface area contributed by atoms with Crippen LogP contribution in [0, 0.1) is 6.92 Å². The van der Waals surface area contributed by atoms with Crippen molar-refractivity contribution in [2.24, 2.45) is 0 Å². The molecule has 1 aliphatic heterocycles. The first-order chi connectivity index (χ1) is 12.2. The second-order valence-electron chi connectivity index (χ2n) is 6.32. The summed E-state index contributed by atoms with van der Waals surface area (Å²) in [5.41, 5.74) is 4.83. The highest BCUT2D eigenvalue weighted by atomic mass is 16.2. The molecule has 0 spiro atoms. The zero-order chi connectivity index (χ0) is 17.2. The Hall–Kier alpha value is -2.92. The molecule has 1 unspecified atom stereocenters. The van der Waals surface area contributed by atoms with Crippen molar-refractivity contribution >= 4 is 5.91 Å². The first kappa shape index (κ1) is 15.6. The number of carbonyl (C=O) groups excluding carboxylic acids is 1. The van der Waals surface area contributed by atoms with Crippen LogP contribution in [0.15, 0.2) is 60.7 Å². The van der Waals surface area contributed by atoms with Crippen LogP contribution in [0.4, 0.5) is 0 Å². The second-order valence-corrected chi connectivity index (χ2v) is 6.32. The molecule has 2 heterocycles. The maximum absolute atomic E-state index is 12.2. The van der Waals surface area contributed by atoms with Crippen LogP contribution >= 0.6 is 0 Å². The van der Waals surface area contributed by atoms with Crippen LogP contribution in [0.5, 0.6) is 0 Å². The number of hydrogen-bond acceptors (Lipinski definition) is 3. The van der Waals surface area contributed by atoms with E-state index in [-0.39, 0.29) is 12.1 Å². The molecule has 5 nitrogen and oxygen atoms in total. The number of amides is 1. The van der Waals surface area contributed by atoms with Gasteiger partial charge in [0.1, 0.15) is 11.9 Å². The third kappa shape index (κ3) is 3.19. The van der Waals surface area contributed by atoms with Crippen LogP contribution in [0.3, 0.4) is 0 Å². The van der Waals surface area contributed by atoms with Gasteiger partial charge in [-0.25, -0.2) is 4.68 Å². The normalized spacial score (nSPS) is 16.4. The summed E-state index contributed by atoms with van der Waals surface area (Å²) in [6, 6.07) is 20.2. The van der Waals surface area contributed by atoms with E-state index >= 15 is 0 Å². The molecule has 0 fully saturated rings. The third-order valence-corrected chi connectivity index (χ3v) is 4.45. The summed E-state index contributed by atoms with van der Waals surface area (Å²) in [5, 5.41) is 11.1. The Balaban J connectivity index is 1.60. The van der Waals surface area contributed by atoms with Crippen molar-refractivity contribution < 1.29 is 4.79 Å². The SMILES string of the molecule is Cc1ccc(-c2cc3n(n2)C(NCc2ccccc2)CNC3=O)cc1. The lowest BCUT2D eigenvalue weighted by atomic mass is 10.1. The molecule has 0 aliphatic carbocycles. The molecule has 1 amide bonds. The van der Waals surface area contributed by atoms with Crippen LogP contribution in [-0.4, -0.2) is 22.2 Å². The first-order valence-corrected chi connectivity index (χ1v) is 8.43. The molecule has 4 rings (SSSR count). The van der Waals surface area contributed by atoms with Crippen LogP contribution < -0.4 is 10.6 Å². The Morgan fingerprint density at radius 2 is 1.92 bits per heavy atom. The van der Waals surface area contributed by atoms with Gasteiger partial charge in [0.25, 0.3) is 5.91 Å². The molecule has 2 aromatic carbocycles. The van der Waals surface area contributed by atoms with E-state index in [2.05, 4.69) is 46.9 Å². The zero-order valence-corrected chi connectivity index (χ0v) is 14.1. The van der Waals surface area contributed by atoms with E-state index in [1.54, 1.807) is 4.68 Å². The largest absolute Gasteiger partial charge is 0.347 e. The molecule has 0 radical (unpaired) electrons. The molecule has 5 heteroatoms. The fourth-order valence-corrected chi connectivity index (χ4v) is 3.02. The quantitative estimate of drug-likeness (QED) is 0.772. The summed E-state index contributed by atoms with van der Waals surface area (Å²) in [7, 11) is 0. The molecule has 2 N–H and O–H groups in total. The smallest absolute Gasteiger partial charge is 0.269 e. The van der Waals surface area contributed by atoms with Crippen LogP contribution in [0.25, 0.3) is 11.3 Å². The van der Waals surface area contributed by atoms with Gasteiger partial charge in [0.15, 0.2) is 0 Å². The molecule has 0 bridgehead atoms. The van der Waals surface area contributed by atoms with Gasteiger partial charge in [-0.3, -0.25) is 10.1 Å². The zero-order valence-electron chi connectivity index (χ0n) is 14.1. The standard InChI is InChI=1S/C20H20N4O/c1-14-7-9-16(10-8-14)17-11-18-20(25)22-13-19(24(18)23-17)21-12-15-5-3-2-4-6-15/h2-11,19,21H,12-13H2,1H3,(H,22,25). The Kier molecular flexibility index (Phi) is 4.07. The number of benzene rings is 2. The Morgan fingerprint density at radius 3 is 2.68 bits per heavy atom. The minimum atomic E-state index is -0.0800. The Labute approximate surface area is 146 Å². The number of nitrogens with one attached hydrogen (secondary N) is 2. The second kappa shape index (κ2) is 6.53. The summed E-state index contributed by atoms with van der Waals surface area (Å²) >= 11 is 0. The maximum atomic E-state index is 12.2. The molecular weight excluding hydrogens is 312 g/mol. The Bertz CT molecular complexity index is 884. The maximum Gasteiger partial charge on any atom is 0.269 e. The van der Waals surface area contributed by atoms with Gasteiger partial charge >= 0.3 is 0 Å². The van der Waals surface area contributed by atoms with Crippen molar-refractivity contribution in [1.82, 2.24) is 20.4 Å². The highest BCUT2D eigenvalue weighted by molar-refractivity contribution is 5.94. The molecule has 1 aliphatic rings. The number of rotatable bonds is 4. The van der Waals surface area contributed by atoms with Gasteiger partial charge in [-0.15, -0.1) is 0 Å². The minimum Gasteiger partial charge on any atom is -0.347 e. The van der Waals surface area contributed by atoms with Crippen molar-refractivity contribution in [3.05, 3.63) is 77.5 Å². The lowest BCUT2D eigenvalue weighted by Crippen LogP contribution is -2.45. The van der Waals surface area contributed by atoms with Gasteiger partial charge in [-0.2, -0.15) is 5.10 Å². The molecule has 3 aromatic rings. The molecule has 126 valence electrons. The van der Waals surface area contributed by atoms with E-state index < -0.39 is 0 Å². The summed E-state index contributed by atoms with van der Waals surface area (Å²) in [4.78, 5) is 12.2. The molecule has 0 saturated carbocycles. The molecule has 1 atom stereocenters. The first-order valence-electron chi connectivity index (χ1n) is 8.43. The van der Waals surface area contributed by atoms with Crippen LogP contribution in [-0.2, 0) is 6.54 Å². The number of hydrogen-bond donors (Lipinski definition) is 2. The number of nitrogens with zero attached hydrogens (tertiary/aromatic N) is 2. The number of fused-ring (bicyclic) bond motifs is 1. The summed E-state index contributed by atoms with van der Waals surface area (Å²) in [6.07, 6.45) is -0.0629. The highest BCUT2D eigenvalue weighted by Gasteiger charge is 2.27. The monoisotopic (exact) mass is 332 g/mol. The molecular formula is C20H20N4O. The number of carbonyl (C=O) groups is 1. The van der Waals surface area contributed by atoms with E-state index in [1.165, 1.54) is 11.1 Å². The molecule has 0 saturated heterocycles. The summed E-state index contributed by atoms with van der Waals surface area (Å²) in [5.74, 6) is -0.0800. The molecule has 25 heavy (non-hydrogen) atoms. The minimum absolute atomic E-state index is 0.0629. The lowest BCUT2D eigenvalue weighted by Gasteiger charge is -2.25. The van der Waals surface area contributed by atoms with E-state index in [9.17, 15) is 4.79 Å². The van der Waals surface area contributed by atoms with Crippen molar-refractivity contribution in [2.45, 2.75) is 19.6 Å². The summed E-state index contributed by atoms with van der Waals surface area (Å²) in [6.45, 7) is 3.30. The van der Waals surface area contributed by atoms with Gasteiger partial charge in [-0.1, -0.05) is 60.2 Å². The fraction of sp³-hybridized carbons (Fsp3) is 0.200. The number of aryl methyl sites for hydroxylation is 1. The summed E-state index contributed by atoms with van der Waals surface area (Å²) < 4.78 is 1.80. The van der Waals surface area contributed by atoms with E-state index in [4.69, 9.17) is 0 Å². The predicted molar refractivity (Wildman–Crippen MR) is 97.1 cm³/mol. The Morgan fingerprint density at radius 1 is 1.16 bits per heavy atom. The van der Waals surface area contributed by atoms with Crippen LogP contribution in [0.2, 0.25) is 0 Å². The lowest BCUT2D eigenvalue weighted by molar-refractivity contribution is 0.0900. The predicted octanol–water partition coefficient (Wildman–Crippen LogP) is 2.89. The molecule has 1 aromatic heterocycles. The van der Waals surface area contributed by atoms with Crippen molar-refractivity contribution in [3.8, 4) is 11.3 Å². The van der Waals surface area contributed by atoms with Crippen LogP contribution in [0.1, 0.15) is 27.8 Å². The number of aromatic nitrogens is 2. The average Bonchev–Trinajstić information content (AvgIpc) is 3.09. The average molecular weight is 332 g/mol. The van der Waals surface area contributed by atoms with E-state index in [0.29, 0.717) is 12.2 Å². The van der Waals surface area contributed by atoms with E-state index in [1.807, 2.05) is 36.4 Å². The van der Waals surface area contributed by atoms with E-state index in [0.717, 1.165) is 17.8 Å². The van der Waals surface area contributed by atoms with Gasteiger partial charge in [0, 0.05) is 12.1 Å². The topological polar surface area (TPSA) is 59.0 Å². The van der Waals surface area contributed by atoms with Gasteiger partial charge in [0.2, 0.25) is 0 Å². The van der Waals surface area contributed by atoms with Gasteiger partial charge < -0.3 is 5.32 Å². The van der Waals surface area contributed by atoms with Gasteiger partial charge in [0.05, 0.1) is 12.2 Å². The van der Waals surface area contributed by atoms with Crippen molar-refractivity contribution in [1.29, 1.82) is 0 Å².